The van der Waals surface area contributed by atoms with Crippen LogP contribution in [0.3, 0.4) is 0 Å². The zero-order valence-corrected chi connectivity index (χ0v) is 12.5. The molecule has 0 bridgehead atoms. The van der Waals surface area contributed by atoms with Gasteiger partial charge in [0, 0.05) is 52.0 Å². The van der Waals surface area contributed by atoms with Gasteiger partial charge in [-0.15, -0.1) is 0 Å². The number of carbonyl (C=O) groups excluding carboxylic acids is 1. The van der Waals surface area contributed by atoms with Gasteiger partial charge in [-0.3, -0.25) is 14.2 Å². The predicted octanol–water partition coefficient (Wildman–Crippen LogP) is -1.08. The normalized spacial score (nSPS) is 19.2. The first-order valence-electron chi connectivity index (χ1n) is 6.87. The van der Waals surface area contributed by atoms with Crippen LogP contribution in [0, 0.1) is 0 Å². The van der Waals surface area contributed by atoms with Crippen molar-refractivity contribution in [3.8, 4) is 0 Å². The topological polar surface area (TPSA) is 76.3 Å². The first kappa shape index (κ1) is 15.2. The Morgan fingerprint density at radius 3 is 2.76 bits per heavy atom. The lowest BCUT2D eigenvalue weighted by Gasteiger charge is -2.31. The van der Waals surface area contributed by atoms with E-state index in [4.69, 9.17) is 0 Å². The van der Waals surface area contributed by atoms with Crippen LogP contribution >= 0.6 is 0 Å². The zero-order chi connectivity index (χ0) is 15.6. The highest BCUT2D eigenvalue weighted by Crippen LogP contribution is 2.01. The number of carbonyl (C=O) groups is 1. The summed E-state index contributed by atoms with van der Waals surface area (Å²) < 4.78 is 2.34. The van der Waals surface area contributed by atoms with Crippen molar-refractivity contribution in [3.63, 3.8) is 0 Å². The number of amides is 1. The fourth-order valence-electron chi connectivity index (χ4n) is 2.35. The Morgan fingerprint density at radius 1 is 1.38 bits per heavy atom. The lowest BCUT2D eigenvalue weighted by molar-refractivity contribution is -0.127. The van der Waals surface area contributed by atoms with Crippen molar-refractivity contribution >= 4 is 12.0 Å². The van der Waals surface area contributed by atoms with Crippen LogP contribution in [0.4, 0.5) is 0 Å². The van der Waals surface area contributed by atoms with E-state index < -0.39 is 5.56 Å². The van der Waals surface area contributed by atoms with E-state index in [9.17, 15) is 14.4 Å². The highest BCUT2D eigenvalue weighted by molar-refractivity contribution is 5.91. The Labute approximate surface area is 122 Å². The molecule has 1 aliphatic rings. The minimum Gasteiger partial charge on any atom is -0.336 e. The summed E-state index contributed by atoms with van der Waals surface area (Å²) in [7, 11) is 2.99. The molecular weight excluding hydrogens is 272 g/mol. The highest BCUT2D eigenvalue weighted by atomic mass is 16.2. The van der Waals surface area contributed by atoms with E-state index in [0.29, 0.717) is 18.7 Å². The molecule has 0 aliphatic carbocycles. The maximum Gasteiger partial charge on any atom is 0.330 e. The third kappa shape index (κ3) is 3.30. The molecule has 114 valence electrons. The van der Waals surface area contributed by atoms with Crippen LogP contribution in [-0.2, 0) is 18.9 Å². The van der Waals surface area contributed by atoms with Crippen LogP contribution in [0.2, 0.25) is 0 Å². The second-order valence-electron chi connectivity index (χ2n) is 5.31. The van der Waals surface area contributed by atoms with Gasteiger partial charge < -0.3 is 14.8 Å². The molecule has 1 aliphatic heterocycles. The molecule has 0 radical (unpaired) electrons. The molecule has 1 atom stereocenters. The third-order valence-corrected chi connectivity index (χ3v) is 3.56. The highest BCUT2D eigenvalue weighted by Gasteiger charge is 2.18. The lowest BCUT2D eigenvalue weighted by Crippen LogP contribution is -2.50. The molecule has 2 heterocycles. The van der Waals surface area contributed by atoms with E-state index in [0.717, 1.165) is 11.1 Å². The average molecular weight is 292 g/mol. The second kappa shape index (κ2) is 6.09. The maximum atomic E-state index is 12.1. The summed E-state index contributed by atoms with van der Waals surface area (Å²) >= 11 is 0. The molecule has 1 aromatic rings. The molecule has 2 rings (SSSR count). The van der Waals surface area contributed by atoms with E-state index in [1.54, 1.807) is 11.9 Å². The number of hydrogen-bond acceptors (Lipinski definition) is 4. The molecule has 7 nitrogen and oxygen atoms in total. The summed E-state index contributed by atoms with van der Waals surface area (Å²) in [6.45, 7) is 4.08. The molecule has 1 N–H and O–H groups in total. The van der Waals surface area contributed by atoms with Crippen molar-refractivity contribution in [2.75, 3.05) is 19.6 Å². The van der Waals surface area contributed by atoms with E-state index in [1.807, 2.05) is 6.92 Å². The quantitative estimate of drug-likeness (QED) is 0.703. The number of aromatic nitrogens is 2. The molecule has 1 unspecified atom stereocenters. The van der Waals surface area contributed by atoms with Gasteiger partial charge in [0.1, 0.15) is 0 Å². The number of nitrogens with one attached hydrogen (secondary N) is 1. The van der Waals surface area contributed by atoms with Gasteiger partial charge in [-0.2, -0.15) is 0 Å². The third-order valence-electron chi connectivity index (χ3n) is 3.56. The summed E-state index contributed by atoms with van der Waals surface area (Å²) in [5, 5.41) is 3.26. The lowest BCUT2D eigenvalue weighted by atomic mass is 10.2. The summed E-state index contributed by atoms with van der Waals surface area (Å²) in [6.07, 6.45) is 4.30. The van der Waals surface area contributed by atoms with Crippen molar-refractivity contribution in [2.24, 2.45) is 14.1 Å². The Kier molecular flexibility index (Phi) is 4.42. The summed E-state index contributed by atoms with van der Waals surface area (Å²) in [5.41, 5.74) is -0.480. The summed E-state index contributed by atoms with van der Waals surface area (Å²) in [5.74, 6) is -0.126. The number of piperazine rings is 1. The molecule has 0 spiro atoms. The monoisotopic (exact) mass is 292 g/mol. The number of rotatable bonds is 2. The fraction of sp³-hybridized carbons (Fsp3) is 0.500. The van der Waals surface area contributed by atoms with Gasteiger partial charge in [-0.1, -0.05) is 0 Å². The molecule has 1 amide bonds. The molecule has 7 heteroatoms. The van der Waals surface area contributed by atoms with Crippen molar-refractivity contribution in [1.29, 1.82) is 0 Å². The van der Waals surface area contributed by atoms with E-state index in [-0.39, 0.29) is 17.6 Å². The largest absolute Gasteiger partial charge is 0.336 e. The maximum absolute atomic E-state index is 12.1. The molecule has 21 heavy (non-hydrogen) atoms. The van der Waals surface area contributed by atoms with Crippen LogP contribution < -0.4 is 16.6 Å². The molecule has 1 saturated heterocycles. The van der Waals surface area contributed by atoms with Crippen molar-refractivity contribution < 1.29 is 4.79 Å². The van der Waals surface area contributed by atoms with Gasteiger partial charge in [0.2, 0.25) is 5.91 Å². The Balaban J connectivity index is 2.20. The summed E-state index contributed by atoms with van der Waals surface area (Å²) in [6, 6.07) is 0.265. The van der Waals surface area contributed by atoms with Gasteiger partial charge in [-0.05, 0) is 13.0 Å². The number of nitrogens with zero attached hydrogens (tertiary/aromatic N) is 3. The van der Waals surface area contributed by atoms with Crippen LogP contribution in [0.1, 0.15) is 12.5 Å². The molecule has 1 fully saturated rings. The molecule has 0 aromatic carbocycles. The van der Waals surface area contributed by atoms with Gasteiger partial charge in [0.05, 0.1) is 5.56 Å². The number of hydrogen-bond donors (Lipinski definition) is 1. The van der Waals surface area contributed by atoms with Crippen molar-refractivity contribution in [1.82, 2.24) is 19.4 Å². The first-order valence-corrected chi connectivity index (χ1v) is 6.87. The first-order chi connectivity index (χ1) is 9.90. The second-order valence-corrected chi connectivity index (χ2v) is 5.31. The van der Waals surface area contributed by atoms with Gasteiger partial charge >= 0.3 is 5.69 Å². The predicted molar refractivity (Wildman–Crippen MR) is 80.0 cm³/mol. The van der Waals surface area contributed by atoms with Crippen LogP contribution in [-0.4, -0.2) is 45.6 Å². The fourth-order valence-corrected chi connectivity index (χ4v) is 2.35. The van der Waals surface area contributed by atoms with Gasteiger partial charge in [0.25, 0.3) is 5.56 Å². The standard InChI is InChI=1S/C14H20N4O3/c1-10-8-18(7-6-15-10)12(19)5-4-11-9-16(2)14(21)17(3)13(11)20/h4-5,9-10,15H,6-8H2,1-3H3/b5-4+. The average Bonchev–Trinajstić information content (AvgIpc) is 2.47. The van der Waals surface area contributed by atoms with Gasteiger partial charge in [0.15, 0.2) is 0 Å². The smallest absolute Gasteiger partial charge is 0.330 e. The number of aryl methyl sites for hydroxylation is 1. The van der Waals surface area contributed by atoms with Crippen LogP contribution in [0.25, 0.3) is 6.08 Å². The molecule has 0 saturated carbocycles. The van der Waals surface area contributed by atoms with Gasteiger partial charge in [-0.25, -0.2) is 4.79 Å². The van der Waals surface area contributed by atoms with E-state index in [1.165, 1.54) is 30.0 Å². The molecular formula is C14H20N4O3. The SMILES string of the molecule is CC1CN(C(=O)/C=C/c2cn(C)c(=O)n(C)c2=O)CCN1. The zero-order valence-electron chi connectivity index (χ0n) is 12.5. The minimum atomic E-state index is -0.407. The Bertz CT molecular complexity index is 686. The van der Waals surface area contributed by atoms with Crippen molar-refractivity contribution in [3.05, 3.63) is 38.7 Å². The van der Waals surface area contributed by atoms with Crippen molar-refractivity contribution in [2.45, 2.75) is 13.0 Å². The Hall–Kier alpha value is -2.15. The van der Waals surface area contributed by atoms with Crippen LogP contribution in [0.15, 0.2) is 21.9 Å². The summed E-state index contributed by atoms with van der Waals surface area (Å²) in [4.78, 5) is 37.4. The van der Waals surface area contributed by atoms with E-state index >= 15 is 0 Å². The molecule has 1 aromatic heterocycles. The minimum absolute atomic E-state index is 0.126. The van der Waals surface area contributed by atoms with E-state index in [2.05, 4.69) is 5.32 Å². The van der Waals surface area contributed by atoms with Crippen LogP contribution in [0.5, 0.6) is 0 Å². The Morgan fingerprint density at radius 2 is 2.10 bits per heavy atom.